The van der Waals surface area contributed by atoms with Crippen LogP contribution in [0.4, 0.5) is 5.82 Å². The molecule has 6 heteroatoms. The summed E-state index contributed by atoms with van der Waals surface area (Å²) >= 11 is 0. The molecule has 1 aliphatic heterocycles. The van der Waals surface area contributed by atoms with Gasteiger partial charge in [0, 0.05) is 29.6 Å². The highest BCUT2D eigenvalue weighted by Crippen LogP contribution is 2.36. The lowest BCUT2D eigenvalue weighted by Gasteiger charge is -2.44. The number of rotatable bonds is 6. The van der Waals surface area contributed by atoms with Gasteiger partial charge in [0.1, 0.15) is 18.0 Å². The molecular weight excluding hydrogens is 438 g/mol. The van der Waals surface area contributed by atoms with Gasteiger partial charge in [-0.15, -0.1) is 0 Å². The van der Waals surface area contributed by atoms with Gasteiger partial charge < -0.3 is 14.4 Å². The molecule has 0 aliphatic carbocycles. The maximum absolute atomic E-state index is 12.1. The van der Waals surface area contributed by atoms with Crippen molar-refractivity contribution in [3.63, 3.8) is 0 Å². The third-order valence-corrected chi connectivity index (χ3v) is 6.13. The highest BCUT2D eigenvalue weighted by molar-refractivity contribution is 5.78. The Morgan fingerprint density at radius 3 is 2.17 bits per heavy atom. The first-order valence-corrected chi connectivity index (χ1v) is 12.2. The number of nitrogens with zero attached hydrogens (tertiary/aromatic N) is 3. The van der Waals surface area contributed by atoms with Crippen LogP contribution >= 0.6 is 0 Å². The zero-order valence-electron chi connectivity index (χ0n) is 21.3. The minimum atomic E-state index is -0.514. The predicted octanol–water partition coefficient (Wildman–Crippen LogP) is 5.77. The average molecular weight is 474 g/mol. The van der Waals surface area contributed by atoms with E-state index in [-0.39, 0.29) is 24.1 Å². The molecule has 0 amide bonds. The quantitative estimate of drug-likeness (QED) is 0.423. The predicted molar refractivity (Wildman–Crippen MR) is 139 cm³/mol. The maximum atomic E-state index is 12.1. The Balaban J connectivity index is 1.53. The number of carbonyl (C=O) groups excluding carboxylic acids is 1. The summed E-state index contributed by atoms with van der Waals surface area (Å²) in [5, 5.41) is 0. The Morgan fingerprint density at radius 2 is 1.60 bits per heavy atom. The van der Waals surface area contributed by atoms with Crippen LogP contribution in [-0.2, 0) is 14.3 Å². The van der Waals surface area contributed by atoms with E-state index in [1.54, 1.807) is 0 Å². The lowest BCUT2D eigenvalue weighted by Crippen LogP contribution is -2.50. The number of piperidine rings is 1. The lowest BCUT2D eigenvalue weighted by atomic mass is 9.81. The van der Waals surface area contributed by atoms with Gasteiger partial charge in [-0.25, -0.2) is 9.78 Å². The second kappa shape index (κ2) is 10.2. The van der Waals surface area contributed by atoms with Crippen molar-refractivity contribution in [1.29, 1.82) is 0 Å². The summed E-state index contributed by atoms with van der Waals surface area (Å²) < 4.78 is 11.4. The van der Waals surface area contributed by atoms with Gasteiger partial charge in [0.25, 0.3) is 0 Å². The van der Waals surface area contributed by atoms with E-state index in [0.29, 0.717) is 0 Å². The third kappa shape index (κ3) is 6.25. The van der Waals surface area contributed by atoms with Gasteiger partial charge in [-0.1, -0.05) is 74.5 Å². The van der Waals surface area contributed by atoms with Crippen LogP contribution in [0, 0.1) is 5.41 Å². The summed E-state index contributed by atoms with van der Waals surface area (Å²) in [5.74, 6) is 0.521. The molecule has 3 aromatic rings. The van der Waals surface area contributed by atoms with E-state index < -0.39 is 5.60 Å². The van der Waals surface area contributed by atoms with Crippen LogP contribution in [-0.4, -0.2) is 47.3 Å². The molecule has 1 aliphatic rings. The number of esters is 1. The van der Waals surface area contributed by atoms with Crippen LogP contribution < -0.4 is 4.90 Å². The topological polar surface area (TPSA) is 64.6 Å². The van der Waals surface area contributed by atoms with Gasteiger partial charge in [0.15, 0.2) is 0 Å². The van der Waals surface area contributed by atoms with Gasteiger partial charge in [-0.2, -0.15) is 0 Å². The summed E-state index contributed by atoms with van der Waals surface area (Å²) in [5.41, 5.74) is 3.13. The molecule has 2 aromatic carbocycles. The molecule has 2 heterocycles. The normalized spacial score (nSPS) is 17.7. The molecule has 0 saturated carbocycles. The Hall–Kier alpha value is -3.25. The molecule has 1 atom stereocenters. The molecule has 4 rings (SSSR count). The molecule has 0 radical (unpaired) electrons. The van der Waals surface area contributed by atoms with E-state index in [1.807, 2.05) is 63.4 Å². The smallest absolute Gasteiger partial charge is 0.332 e. The second-order valence-electron chi connectivity index (χ2n) is 10.7. The Kier molecular flexibility index (Phi) is 7.22. The third-order valence-electron chi connectivity index (χ3n) is 6.13. The number of anilines is 1. The van der Waals surface area contributed by atoms with E-state index in [2.05, 4.69) is 43.0 Å². The molecular formula is C29H35N3O3. The van der Waals surface area contributed by atoms with Crippen LogP contribution in [0.25, 0.3) is 22.5 Å². The standard InChI is InChI=1S/C29H35N3O3/c1-28(2,3)35-25(33)19-34-23-16-17-32(20-29(23,4)5)24-18-30-26(21-12-8-6-9-13-21)27(31-24)22-14-10-7-11-15-22/h6-15,18,23H,16-17,19-20H2,1-5H3/t23-/m1/s1. The van der Waals surface area contributed by atoms with Crippen molar-refractivity contribution in [2.24, 2.45) is 5.41 Å². The molecule has 184 valence electrons. The monoisotopic (exact) mass is 473 g/mol. The molecule has 6 nitrogen and oxygen atoms in total. The average Bonchev–Trinajstić information content (AvgIpc) is 2.82. The summed E-state index contributed by atoms with van der Waals surface area (Å²) in [6.07, 6.45) is 2.61. The number of aromatic nitrogens is 2. The van der Waals surface area contributed by atoms with E-state index >= 15 is 0 Å². The highest BCUT2D eigenvalue weighted by atomic mass is 16.6. The van der Waals surface area contributed by atoms with Gasteiger partial charge in [0.05, 0.1) is 23.7 Å². The van der Waals surface area contributed by atoms with Crippen LogP contribution in [0.3, 0.4) is 0 Å². The maximum Gasteiger partial charge on any atom is 0.332 e. The van der Waals surface area contributed by atoms with Crippen molar-refractivity contribution in [3.05, 3.63) is 66.9 Å². The van der Waals surface area contributed by atoms with Crippen LogP contribution in [0.15, 0.2) is 66.9 Å². The van der Waals surface area contributed by atoms with E-state index in [1.165, 1.54) is 0 Å². The summed E-state index contributed by atoms with van der Waals surface area (Å²) in [6, 6.07) is 20.4. The molecule has 1 fully saturated rings. The van der Waals surface area contributed by atoms with Crippen molar-refractivity contribution >= 4 is 11.8 Å². The summed E-state index contributed by atoms with van der Waals surface area (Å²) in [7, 11) is 0. The number of hydrogen-bond donors (Lipinski definition) is 0. The number of ether oxygens (including phenoxy) is 2. The number of benzene rings is 2. The highest BCUT2D eigenvalue weighted by Gasteiger charge is 2.38. The van der Waals surface area contributed by atoms with Crippen molar-refractivity contribution in [1.82, 2.24) is 9.97 Å². The summed E-state index contributed by atoms with van der Waals surface area (Å²) in [6.45, 7) is 11.4. The number of hydrogen-bond acceptors (Lipinski definition) is 6. The van der Waals surface area contributed by atoms with Crippen LogP contribution in [0.2, 0.25) is 0 Å². The first-order chi connectivity index (χ1) is 16.6. The summed E-state index contributed by atoms with van der Waals surface area (Å²) in [4.78, 5) is 24.4. The second-order valence-corrected chi connectivity index (χ2v) is 10.7. The zero-order chi connectivity index (χ0) is 25.1. The molecule has 0 spiro atoms. The fraction of sp³-hybridized carbons (Fsp3) is 0.414. The molecule has 0 unspecified atom stereocenters. The molecule has 0 bridgehead atoms. The molecule has 0 N–H and O–H groups in total. The van der Waals surface area contributed by atoms with Gasteiger partial charge in [0.2, 0.25) is 0 Å². The van der Waals surface area contributed by atoms with Gasteiger partial charge in [-0.05, 0) is 27.2 Å². The van der Waals surface area contributed by atoms with E-state index in [9.17, 15) is 4.79 Å². The van der Waals surface area contributed by atoms with Gasteiger partial charge in [-0.3, -0.25) is 4.98 Å². The molecule has 35 heavy (non-hydrogen) atoms. The van der Waals surface area contributed by atoms with Crippen molar-refractivity contribution in [3.8, 4) is 22.5 Å². The van der Waals surface area contributed by atoms with Crippen molar-refractivity contribution in [2.45, 2.75) is 52.7 Å². The van der Waals surface area contributed by atoms with Crippen LogP contribution in [0.1, 0.15) is 41.0 Å². The SMILES string of the molecule is CC(C)(C)OC(=O)CO[C@@H]1CCN(c2cnc(-c3ccccc3)c(-c3ccccc3)n2)CC1(C)C. The fourth-order valence-corrected chi connectivity index (χ4v) is 4.52. The fourth-order valence-electron chi connectivity index (χ4n) is 4.52. The van der Waals surface area contributed by atoms with Crippen molar-refractivity contribution < 1.29 is 14.3 Å². The Morgan fingerprint density at radius 1 is 1.00 bits per heavy atom. The van der Waals surface area contributed by atoms with Gasteiger partial charge >= 0.3 is 5.97 Å². The van der Waals surface area contributed by atoms with E-state index in [0.717, 1.165) is 47.8 Å². The lowest BCUT2D eigenvalue weighted by molar-refractivity contribution is -0.165. The first kappa shape index (κ1) is 24.9. The first-order valence-electron chi connectivity index (χ1n) is 12.2. The minimum absolute atomic E-state index is 0.0326. The Bertz CT molecular complexity index is 1140. The zero-order valence-corrected chi connectivity index (χ0v) is 21.3. The molecule has 1 aromatic heterocycles. The minimum Gasteiger partial charge on any atom is -0.458 e. The van der Waals surface area contributed by atoms with Crippen molar-refractivity contribution in [2.75, 3.05) is 24.6 Å². The Labute approximate surface area is 208 Å². The van der Waals surface area contributed by atoms with Crippen LogP contribution in [0.5, 0.6) is 0 Å². The number of carbonyl (C=O) groups is 1. The largest absolute Gasteiger partial charge is 0.458 e. The molecule has 1 saturated heterocycles. The van der Waals surface area contributed by atoms with E-state index in [4.69, 9.17) is 19.4 Å².